The van der Waals surface area contributed by atoms with Crippen LogP contribution in [-0.4, -0.2) is 36.6 Å². The number of hydrogen-bond acceptors (Lipinski definition) is 6. The number of rotatable bonds is 3. The first kappa shape index (κ1) is 17.0. The van der Waals surface area contributed by atoms with E-state index in [0.29, 0.717) is 42.1 Å². The number of amides is 2. The second-order valence-corrected chi connectivity index (χ2v) is 7.74. The molecule has 1 aromatic heterocycles. The van der Waals surface area contributed by atoms with Crippen LogP contribution in [0.15, 0.2) is 42.5 Å². The van der Waals surface area contributed by atoms with E-state index in [1.54, 1.807) is 17.0 Å². The molecule has 1 atom stereocenters. The second-order valence-electron chi connectivity index (χ2n) is 6.71. The summed E-state index contributed by atoms with van der Waals surface area (Å²) in [6.07, 6.45) is 0.172. The molecule has 0 bridgehead atoms. The van der Waals surface area contributed by atoms with Crippen LogP contribution in [0, 0.1) is 5.92 Å². The first-order valence-corrected chi connectivity index (χ1v) is 9.85. The van der Waals surface area contributed by atoms with Crippen LogP contribution < -0.4 is 19.7 Å². The van der Waals surface area contributed by atoms with Gasteiger partial charge in [-0.05, 0) is 24.3 Å². The molecule has 2 aromatic carbocycles. The van der Waals surface area contributed by atoms with Crippen molar-refractivity contribution in [3.05, 3.63) is 42.5 Å². The van der Waals surface area contributed by atoms with E-state index in [4.69, 9.17) is 9.47 Å². The largest absolute Gasteiger partial charge is 0.486 e. The number of benzene rings is 2. The van der Waals surface area contributed by atoms with Gasteiger partial charge in [-0.2, -0.15) is 0 Å². The Hall–Kier alpha value is -3.13. The summed E-state index contributed by atoms with van der Waals surface area (Å²) in [6.45, 7) is 1.33. The number of anilines is 2. The fourth-order valence-corrected chi connectivity index (χ4v) is 4.33. The lowest BCUT2D eigenvalue weighted by Crippen LogP contribution is -2.28. The van der Waals surface area contributed by atoms with E-state index < -0.39 is 5.92 Å². The zero-order valence-corrected chi connectivity index (χ0v) is 15.7. The van der Waals surface area contributed by atoms with Gasteiger partial charge in [0.1, 0.15) is 13.2 Å². The normalized spacial score (nSPS) is 18.5. The van der Waals surface area contributed by atoms with Crippen LogP contribution in [0.25, 0.3) is 10.2 Å². The number of ether oxygens (including phenoxy) is 2. The Bertz CT molecular complexity index is 1050. The van der Waals surface area contributed by atoms with Crippen LogP contribution in [0.3, 0.4) is 0 Å². The van der Waals surface area contributed by atoms with Crippen molar-refractivity contribution in [2.45, 2.75) is 6.42 Å². The highest BCUT2D eigenvalue weighted by Crippen LogP contribution is 2.36. The molecule has 2 aliphatic heterocycles. The van der Waals surface area contributed by atoms with E-state index in [0.717, 1.165) is 10.2 Å². The number of nitrogens with one attached hydrogen (secondary N) is 1. The summed E-state index contributed by atoms with van der Waals surface area (Å²) in [6, 6.07) is 13.1. The molecule has 2 aliphatic rings. The summed E-state index contributed by atoms with van der Waals surface area (Å²) in [4.78, 5) is 31.2. The standard InChI is InChI=1S/C20H17N3O4S/c24-18-9-12(19(25)22-20-21-14-3-1-2-4-17(14)28-20)11-23(18)13-5-6-15-16(10-13)27-8-7-26-15/h1-6,10,12H,7-9,11H2,(H,21,22,25)/t12-/m0/s1. The molecular formula is C20H17N3O4S. The highest BCUT2D eigenvalue weighted by atomic mass is 32.1. The van der Waals surface area contributed by atoms with Crippen molar-refractivity contribution in [2.24, 2.45) is 5.92 Å². The van der Waals surface area contributed by atoms with Crippen LogP contribution >= 0.6 is 11.3 Å². The number of fused-ring (bicyclic) bond motifs is 2. The van der Waals surface area contributed by atoms with Gasteiger partial charge in [0, 0.05) is 24.7 Å². The number of aromatic nitrogens is 1. The van der Waals surface area contributed by atoms with E-state index in [9.17, 15) is 9.59 Å². The average molecular weight is 395 g/mol. The molecular weight excluding hydrogens is 378 g/mol. The van der Waals surface area contributed by atoms with Crippen molar-refractivity contribution < 1.29 is 19.1 Å². The predicted molar refractivity (Wildman–Crippen MR) is 106 cm³/mol. The maximum Gasteiger partial charge on any atom is 0.231 e. The minimum Gasteiger partial charge on any atom is -0.486 e. The Labute approximate surface area is 164 Å². The van der Waals surface area contributed by atoms with Gasteiger partial charge in [0.25, 0.3) is 0 Å². The third-order valence-electron chi connectivity index (χ3n) is 4.86. The Kier molecular flexibility index (Phi) is 4.12. The Morgan fingerprint density at radius 1 is 1.14 bits per heavy atom. The molecule has 3 heterocycles. The molecule has 2 amide bonds. The van der Waals surface area contributed by atoms with Crippen LogP contribution in [0.4, 0.5) is 10.8 Å². The third-order valence-corrected chi connectivity index (χ3v) is 5.81. The summed E-state index contributed by atoms with van der Waals surface area (Å²) in [7, 11) is 0. The molecule has 142 valence electrons. The summed E-state index contributed by atoms with van der Waals surface area (Å²) < 4.78 is 12.1. The molecule has 1 fully saturated rings. The smallest absolute Gasteiger partial charge is 0.231 e. The maximum absolute atomic E-state index is 12.7. The lowest BCUT2D eigenvalue weighted by atomic mass is 10.1. The SMILES string of the molecule is O=C(Nc1nc2ccccc2s1)[C@H]1CC(=O)N(c2ccc3c(c2)OCCO3)C1. The number of para-hydroxylation sites is 1. The molecule has 0 aliphatic carbocycles. The van der Waals surface area contributed by atoms with Crippen molar-refractivity contribution in [1.29, 1.82) is 0 Å². The van der Waals surface area contributed by atoms with Crippen molar-refractivity contribution in [3.63, 3.8) is 0 Å². The van der Waals surface area contributed by atoms with E-state index >= 15 is 0 Å². The van der Waals surface area contributed by atoms with Gasteiger partial charge in [0.05, 0.1) is 16.1 Å². The summed E-state index contributed by atoms with van der Waals surface area (Å²) in [5.41, 5.74) is 1.56. The molecule has 0 spiro atoms. The first-order valence-electron chi connectivity index (χ1n) is 9.04. The van der Waals surface area contributed by atoms with Gasteiger partial charge in [-0.15, -0.1) is 0 Å². The highest BCUT2D eigenvalue weighted by molar-refractivity contribution is 7.22. The lowest BCUT2D eigenvalue weighted by molar-refractivity contribution is -0.122. The number of carbonyl (C=O) groups is 2. The van der Waals surface area contributed by atoms with Crippen LogP contribution in [0.1, 0.15) is 6.42 Å². The molecule has 7 nitrogen and oxygen atoms in total. The lowest BCUT2D eigenvalue weighted by Gasteiger charge is -2.22. The topological polar surface area (TPSA) is 80.8 Å². The first-order chi connectivity index (χ1) is 13.7. The molecule has 0 radical (unpaired) electrons. The van der Waals surface area contributed by atoms with Crippen molar-refractivity contribution >= 4 is 44.2 Å². The van der Waals surface area contributed by atoms with Gasteiger partial charge in [-0.3, -0.25) is 9.59 Å². The van der Waals surface area contributed by atoms with Crippen molar-refractivity contribution in [2.75, 3.05) is 30.0 Å². The van der Waals surface area contributed by atoms with Gasteiger partial charge in [-0.1, -0.05) is 23.5 Å². The fourth-order valence-electron chi connectivity index (χ4n) is 3.47. The van der Waals surface area contributed by atoms with Gasteiger partial charge in [0.2, 0.25) is 11.8 Å². The molecule has 1 saturated heterocycles. The number of carbonyl (C=O) groups excluding carboxylic acids is 2. The zero-order chi connectivity index (χ0) is 19.1. The van der Waals surface area contributed by atoms with E-state index in [-0.39, 0.29) is 18.2 Å². The van der Waals surface area contributed by atoms with Gasteiger partial charge >= 0.3 is 0 Å². The summed E-state index contributed by atoms with van der Waals surface area (Å²) in [5.74, 6) is 0.604. The van der Waals surface area contributed by atoms with E-state index in [1.807, 2.05) is 30.3 Å². The molecule has 0 unspecified atom stereocenters. The number of hydrogen-bond donors (Lipinski definition) is 1. The molecule has 28 heavy (non-hydrogen) atoms. The van der Waals surface area contributed by atoms with Gasteiger partial charge in [0.15, 0.2) is 16.6 Å². The third kappa shape index (κ3) is 3.05. The van der Waals surface area contributed by atoms with Crippen LogP contribution in [0.2, 0.25) is 0 Å². The van der Waals surface area contributed by atoms with E-state index in [2.05, 4.69) is 10.3 Å². The van der Waals surface area contributed by atoms with Gasteiger partial charge in [-0.25, -0.2) is 4.98 Å². The monoisotopic (exact) mass is 395 g/mol. The Balaban J connectivity index is 1.31. The molecule has 1 N–H and O–H groups in total. The Morgan fingerprint density at radius 3 is 2.82 bits per heavy atom. The van der Waals surface area contributed by atoms with Gasteiger partial charge < -0.3 is 19.7 Å². The molecule has 0 saturated carbocycles. The molecule has 5 rings (SSSR count). The second kappa shape index (κ2) is 6.79. The number of thiazole rings is 1. The van der Waals surface area contributed by atoms with Crippen LogP contribution in [0.5, 0.6) is 11.5 Å². The minimum absolute atomic E-state index is 0.0823. The fraction of sp³-hybridized carbons (Fsp3) is 0.250. The maximum atomic E-state index is 12.7. The van der Waals surface area contributed by atoms with E-state index in [1.165, 1.54) is 11.3 Å². The van der Waals surface area contributed by atoms with Crippen molar-refractivity contribution in [3.8, 4) is 11.5 Å². The van der Waals surface area contributed by atoms with Crippen LogP contribution in [-0.2, 0) is 9.59 Å². The molecule has 8 heteroatoms. The zero-order valence-electron chi connectivity index (χ0n) is 14.9. The molecule has 3 aromatic rings. The highest BCUT2D eigenvalue weighted by Gasteiger charge is 2.36. The van der Waals surface area contributed by atoms with Crippen molar-refractivity contribution in [1.82, 2.24) is 4.98 Å². The Morgan fingerprint density at radius 2 is 1.96 bits per heavy atom. The average Bonchev–Trinajstić information content (AvgIpc) is 3.30. The number of nitrogens with zero attached hydrogens (tertiary/aromatic N) is 2. The quantitative estimate of drug-likeness (QED) is 0.737. The summed E-state index contributed by atoms with van der Waals surface area (Å²) in [5, 5.41) is 3.41. The predicted octanol–water partition coefficient (Wildman–Crippen LogP) is 3.06. The minimum atomic E-state index is -0.423. The summed E-state index contributed by atoms with van der Waals surface area (Å²) >= 11 is 1.43.